The fourth-order valence-electron chi connectivity index (χ4n) is 2.69. The fourth-order valence-corrected chi connectivity index (χ4v) is 2.69. The highest BCUT2D eigenvalue weighted by atomic mass is 19.1. The molecule has 2 aromatic carbocycles. The van der Waals surface area contributed by atoms with Crippen molar-refractivity contribution in [3.63, 3.8) is 0 Å². The van der Waals surface area contributed by atoms with Crippen LogP contribution in [0.4, 0.5) is 9.18 Å². The number of aromatic carboxylic acids is 1. The predicted octanol–water partition coefficient (Wildman–Crippen LogP) is 4.04. The van der Waals surface area contributed by atoms with Gasteiger partial charge in [0.15, 0.2) is 0 Å². The van der Waals surface area contributed by atoms with Crippen molar-refractivity contribution in [2.45, 2.75) is 38.9 Å². The third-order valence-electron chi connectivity index (χ3n) is 4.15. The lowest BCUT2D eigenvalue weighted by atomic mass is 10.1. The van der Waals surface area contributed by atoms with Gasteiger partial charge in [0.25, 0.3) is 0 Å². The van der Waals surface area contributed by atoms with E-state index in [9.17, 15) is 19.1 Å². The van der Waals surface area contributed by atoms with E-state index < -0.39 is 29.6 Å². The minimum Gasteiger partial charge on any atom is -0.478 e. The molecule has 0 bridgehead atoms. The van der Waals surface area contributed by atoms with Gasteiger partial charge in [-0.3, -0.25) is 0 Å². The number of carboxylic acid groups (broad SMARTS) is 1. The summed E-state index contributed by atoms with van der Waals surface area (Å²) >= 11 is 0. The molecular formula is C22H26FNO5. The molecule has 0 aliphatic heterocycles. The number of aliphatic hydroxyl groups is 1. The first-order valence-electron chi connectivity index (χ1n) is 9.29. The van der Waals surface area contributed by atoms with Crippen LogP contribution in [0.3, 0.4) is 0 Å². The van der Waals surface area contributed by atoms with E-state index in [4.69, 9.17) is 9.84 Å². The molecule has 2 aromatic rings. The Kier molecular flexibility index (Phi) is 7.34. The van der Waals surface area contributed by atoms with Crippen LogP contribution in [0.25, 0.3) is 0 Å². The first-order chi connectivity index (χ1) is 13.5. The molecule has 0 spiro atoms. The zero-order valence-electron chi connectivity index (χ0n) is 16.8. The van der Waals surface area contributed by atoms with Crippen molar-refractivity contribution in [2.24, 2.45) is 0 Å². The minimum atomic E-state index is -1.08. The molecule has 29 heavy (non-hydrogen) atoms. The van der Waals surface area contributed by atoms with E-state index in [1.165, 1.54) is 35.2 Å². The Bertz CT molecular complexity index is 845. The Labute approximate surface area is 169 Å². The molecule has 0 saturated heterocycles. The quantitative estimate of drug-likeness (QED) is 0.729. The fraction of sp³-hybridized carbons (Fsp3) is 0.364. The van der Waals surface area contributed by atoms with E-state index in [0.717, 1.165) is 5.56 Å². The second-order valence-electron chi connectivity index (χ2n) is 7.75. The van der Waals surface area contributed by atoms with Gasteiger partial charge >= 0.3 is 12.1 Å². The van der Waals surface area contributed by atoms with Gasteiger partial charge < -0.3 is 19.8 Å². The second kappa shape index (κ2) is 9.52. The molecule has 1 atom stereocenters. The monoisotopic (exact) mass is 403 g/mol. The zero-order valence-corrected chi connectivity index (χ0v) is 16.8. The van der Waals surface area contributed by atoms with Gasteiger partial charge in [0.1, 0.15) is 11.4 Å². The average molecular weight is 403 g/mol. The number of carbonyl (C=O) groups excluding carboxylic acids is 1. The second-order valence-corrected chi connectivity index (χ2v) is 7.75. The highest BCUT2D eigenvalue weighted by Crippen LogP contribution is 2.18. The van der Waals surface area contributed by atoms with E-state index in [-0.39, 0.29) is 18.7 Å². The molecule has 7 heteroatoms. The third kappa shape index (κ3) is 7.19. The SMILES string of the molecule is CC(C)(C)OC(=O)N(CCc1ccc(C(=O)O)cc1)CC(O)c1cccc(F)c1. The van der Waals surface area contributed by atoms with E-state index in [1.807, 2.05) is 0 Å². The number of rotatable bonds is 7. The molecule has 0 fully saturated rings. The molecular weight excluding hydrogens is 377 g/mol. The summed E-state index contributed by atoms with van der Waals surface area (Å²) in [6.45, 7) is 5.42. The molecule has 156 valence electrons. The van der Waals surface area contributed by atoms with Gasteiger partial charge in [-0.05, 0) is 62.6 Å². The summed E-state index contributed by atoms with van der Waals surface area (Å²) in [5.41, 5.74) is 0.676. The maximum Gasteiger partial charge on any atom is 0.410 e. The highest BCUT2D eigenvalue weighted by Gasteiger charge is 2.24. The van der Waals surface area contributed by atoms with Gasteiger partial charge in [-0.15, -0.1) is 0 Å². The van der Waals surface area contributed by atoms with Crippen LogP contribution in [0.1, 0.15) is 48.4 Å². The Morgan fingerprint density at radius 3 is 2.34 bits per heavy atom. The highest BCUT2D eigenvalue weighted by molar-refractivity contribution is 5.87. The van der Waals surface area contributed by atoms with Gasteiger partial charge in [-0.1, -0.05) is 24.3 Å². The lowest BCUT2D eigenvalue weighted by Crippen LogP contribution is -2.40. The first-order valence-corrected chi connectivity index (χ1v) is 9.29. The number of carbonyl (C=O) groups is 2. The minimum absolute atomic E-state index is 0.0639. The number of ether oxygens (including phenoxy) is 1. The summed E-state index contributed by atoms with van der Waals surface area (Å²) in [5, 5.41) is 19.5. The van der Waals surface area contributed by atoms with Crippen LogP contribution in [0.2, 0.25) is 0 Å². The van der Waals surface area contributed by atoms with Crippen molar-refractivity contribution in [1.82, 2.24) is 4.90 Å². The number of nitrogens with zero attached hydrogens (tertiary/aromatic N) is 1. The normalized spacial score (nSPS) is 12.3. The Morgan fingerprint density at radius 1 is 1.14 bits per heavy atom. The number of carboxylic acids is 1. The molecule has 2 rings (SSSR count). The largest absolute Gasteiger partial charge is 0.478 e. The van der Waals surface area contributed by atoms with Crippen molar-refractivity contribution >= 4 is 12.1 Å². The topological polar surface area (TPSA) is 87.1 Å². The van der Waals surface area contributed by atoms with Gasteiger partial charge in [-0.25, -0.2) is 14.0 Å². The van der Waals surface area contributed by atoms with Gasteiger partial charge in [-0.2, -0.15) is 0 Å². The maximum atomic E-state index is 13.4. The molecule has 0 aliphatic rings. The van der Waals surface area contributed by atoms with Crippen LogP contribution >= 0.6 is 0 Å². The molecule has 1 unspecified atom stereocenters. The summed E-state index contributed by atoms with van der Waals surface area (Å²) in [6.07, 6.45) is -1.22. The Morgan fingerprint density at radius 2 is 1.79 bits per heavy atom. The average Bonchev–Trinajstić information content (AvgIpc) is 2.63. The maximum absolute atomic E-state index is 13.4. The number of benzene rings is 2. The van der Waals surface area contributed by atoms with Crippen molar-refractivity contribution < 1.29 is 28.9 Å². The molecule has 0 radical (unpaired) electrons. The molecule has 1 amide bonds. The number of hydrogen-bond acceptors (Lipinski definition) is 4. The lowest BCUT2D eigenvalue weighted by molar-refractivity contribution is 0.0147. The van der Waals surface area contributed by atoms with E-state index >= 15 is 0 Å². The van der Waals surface area contributed by atoms with Crippen molar-refractivity contribution in [3.05, 3.63) is 71.0 Å². The van der Waals surface area contributed by atoms with Crippen LogP contribution in [0, 0.1) is 5.82 Å². The van der Waals surface area contributed by atoms with Crippen molar-refractivity contribution in [2.75, 3.05) is 13.1 Å². The summed E-state index contributed by atoms with van der Waals surface area (Å²) in [5.74, 6) is -1.48. The number of halogens is 1. The van der Waals surface area contributed by atoms with Crippen LogP contribution in [-0.4, -0.2) is 45.9 Å². The number of hydrogen-bond donors (Lipinski definition) is 2. The molecule has 0 aromatic heterocycles. The van der Waals surface area contributed by atoms with Gasteiger partial charge in [0, 0.05) is 6.54 Å². The van der Waals surface area contributed by atoms with Crippen LogP contribution in [0.5, 0.6) is 0 Å². The molecule has 2 N–H and O–H groups in total. The van der Waals surface area contributed by atoms with E-state index in [2.05, 4.69) is 0 Å². The molecule has 6 nitrogen and oxygen atoms in total. The molecule has 0 aliphatic carbocycles. The van der Waals surface area contributed by atoms with Crippen molar-refractivity contribution in [1.29, 1.82) is 0 Å². The predicted molar refractivity (Wildman–Crippen MR) is 106 cm³/mol. The van der Waals surface area contributed by atoms with Crippen LogP contribution in [0.15, 0.2) is 48.5 Å². The van der Waals surface area contributed by atoms with Gasteiger partial charge in [0.05, 0.1) is 18.2 Å². The van der Waals surface area contributed by atoms with E-state index in [1.54, 1.807) is 39.0 Å². The summed E-state index contributed by atoms with van der Waals surface area (Å²) < 4.78 is 18.9. The smallest absolute Gasteiger partial charge is 0.410 e. The lowest BCUT2D eigenvalue weighted by Gasteiger charge is -2.29. The zero-order chi connectivity index (χ0) is 21.6. The number of amides is 1. The van der Waals surface area contributed by atoms with Crippen LogP contribution in [-0.2, 0) is 11.2 Å². The van der Waals surface area contributed by atoms with E-state index in [0.29, 0.717) is 12.0 Å². The Hall–Kier alpha value is -2.93. The molecule has 0 saturated carbocycles. The summed E-state index contributed by atoms with van der Waals surface area (Å²) in [7, 11) is 0. The molecule has 0 heterocycles. The van der Waals surface area contributed by atoms with Crippen LogP contribution < -0.4 is 0 Å². The van der Waals surface area contributed by atoms with Crippen molar-refractivity contribution in [3.8, 4) is 0 Å². The standard InChI is InChI=1S/C22H26FNO5/c1-22(2,3)29-21(28)24(14-19(25)17-5-4-6-18(23)13-17)12-11-15-7-9-16(10-8-15)20(26)27/h4-10,13,19,25H,11-12,14H2,1-3H3,(H,26,27). The third-order valence-corrected chi connectivity index (χ3v) is 4.15. The Balaban J connectivity index is 2.11. The summed E-state index contributed by atoms with van der Waals surface area (Å²) in [6, 6.07) is 11.9. The summed E-state index contributed by atoms with van der Waals surface area (Å²) in [4.78, 5) is 24.9. The number of aliphatic hydroxyl groups excluding tert-OH is 1. The van der Waals surface area contributed by atoms with Gasteiger partial charge in [0.2, 0.25) is 0 Å². The first kappa shape index (κ1) is 22.4.